The van der Waals surface area contributed by atoms with Crippen molar-refractivity contribution in [1.29, 1.82) is 0 Å². The first-order valence-electron chi connectivity index (χ1n) is 6.65. The van der Waals surface area contributed by atoms with Gasteiger partial charge in [-0.25, -0.2) is 9.78 Å². The summed E-state index contributed by atoms with van der Waals surface area (Å²) in [6.07, 6.45) is 1.74. The van der Waals surface area contributed by atoms with Gasteiger partial charge in [0.25, 0.3) is 5.91 Å². The second kappa shape index (κ2) is 6.86. The van der Waals surface area contributed by atoms with Gasteiger partial charge in [-0.2, -0.15) is 0 Å². The number of carboxylic acid groups (broad SMARTS) is 1. The maximum Gasteiger partial charge on any atom is 0.335 e. The number of nitrogens with zero attached hydrogens (tertiary/aromatic N) is 1. The standard InChI is InChI=1S/C15H16N2O5/c1-3-12-13(16-8-22-12)14(18)17-11-5-9(7-21-2)4-10(6-11)15(19)20/h4-6,8H,3,7H2,1-2H3,(H,17,18)(H,19,20). The van der Waals surface area contributed by atoms with Crippen LogP contribution in [0.3, 0.4) is 0 Å². The molecule has 0 spiro atoms. The fraction of sp³-hybridized carbons (Fsp3) is 0.267. The van der Waals surface area contributed by atoms with Crippen molar-refractivity contribution in [2.75, 3.05) is 12.4 Å². The van der Waals surface area contributed by atoms with Crippen LogP contribution >= 0.6 is 0 Å². The van der Waals surface area contributed by atoms with E-state index < -0.39 is 11.9 Å². The molecule has 0 aliphatic rings. The lowest BCUT2D eigenvalue weighted by atomic mass is 10.1. The average molecular weight is 304 g/mol. The zero-order valence-electron chi connectivity index (χ0n) is 12.3. The number of oxazole rings is 1. The summed E-state index contributed by atoms with van der Waals surface area (Å²) in [5.74, 6) is -1.05. The maximum absolute atomic E-state index is 12.2. The van der Waals surface area contributed by atoms with E-state index in [0.717, 1.165) is 0 Å². The molecule has 2 N–H and O–H groups in total. The molecule has 0 bridgehead atoms. The quantitative estimate of drug-likeness (QED) is 0.849. The summed E-state index contributed by atoms with van der Waals surface area (Å²) in [5.41, 5.74) is 1.27. The van der Waals surface area contributed by atoms with Crippen LogP contribution in [0.15, 0.2) is 29.0 Å². The molecule has 0 saturated heterocycles. The van der Waals surface area contributed by atoms with E-state index in [-0.39, 0.29) is 17.9 Å². The van der Waals surface area contributed by atoms with Crippen molar-refractivity contribution < 1.29 is 23.8 Å². The van der Waals surface area contributed by atoms with Crippen LogP contribution in [-0.4, -0.2) is 29.1 Å². The van der Waals surface area contributed by atoms with E-state index in [1.807, 2.05) is 6.92 Å². The smallest absolute Gasteiger partial charge is 0.335 e. The number of aryl methyl sites for hydroxylation is 1. The van der Waals surface area contributed by atoms with Crippen molar-refractivity contribution in [3.63, 3.8) is 0 Å². The summed E-state index contributed by atoms with van der Waals surface area (Å²) in [6, 6.07) is 4.53. The number of hydrogen-bond acceptors (Lipinski definition) is 5. The highest BCUT2D eigenvalue weighted by atomic mass is 16.5. The number of rotatable bonds is 6. The summed E-state index contributed by atoms with van der Waals surface area (Å²) in [4.78, 5) is 27.2. The molecule has 0 fully saturated rings. The van der Waals surface area contributed by atoms with Crippen molar-refractivity contribution >= 4 is 17.6 Å². The van der Waals surface area contributed by atoms with Crippen molar-refractivity contribution in [1.82, 2.24) is 4.98 Å². The van der Waals surface area contributed by atoms with E-state index in [1.165, 1.54) is 25.6 Å². The van der Waals surface area contributed by atoms with Crippen LogP contribution in [0.4, 0.5) is 5.69 Å². The van der Waals surface area contributed by atoms with Gasteiger partial charge in [0, 0.05) is 19.2 Å². The molecule has 1 aromatic heterocycles. The molecule has 1 heterocycles. The second-order valence-electron chi connectivity index (χ2n) is 4.59. The fourth-order valence-electron chi connectivity index (χ4n) is 2.03. The molecule has 22 heavy (non-hydrogen) atoms. The molecule has 0 atom stereocenters. The fourth-order valence-corrected chi connectivity index (χ4v) is 2.03. The first-order valence-corrected chi connectivity index (χ1v) is 6.65. The SMILES string of the molecule is CCc1ocnc1C(=O)Nc1cc(COC)cc(C(=O)O)c1. The molecule has 0 aliphatic heterocycles. The van der Waals surface area contributed by atoms with Crippen LogP contribution in [0.25, 0.3) is 0 Å². The van der Waals surface area contributed by atoms with Crippen molar-refractivity contribution in [2.24, 2.45) is 0 Å². The Balaban J connectivity index is 2.28. The third kappa shape index (κ3) is 3.50. The number of carbonyl (C=O) groups excluding carboxylic acids is 1. The van der Waals surface area contributed by atoms with Crippen molar-refractivity contribution in [2.45, 2.75) is 20.0 Å². The number of methoxy groups -OCH3 is 1. The van der Waals surface area contributed by atoms with E-state index in [4.69, 9.17) is 14.3 Å². The van der Waals surface area contributed by atoms with Gasteiger partial charge in [0.1, 0.15) is 5.76 Å². The van der Waals surface area contributed by atoms with Crippen LogP contribution in [0, 0.1) is 0 Å². The third-order valence-corrected chi connectivity index (χ3v) is 2.99. The summed E-state index contributed by atoms with van der Waals surface area (Å²) in [5, 5.41) is 11.8. The highest BCUT2D eigenvalue weighted by Crippen LogP contribution is 2.18. The van der Waals surface area contributed by atoms with Crippen LogP contribution in [-0.2, 0) is 17.8 Å². The van der Waals surface area contributed by atoms with Gasteiger partial charge in [0.2, 0.25) is 0 Å². The number of ether oxygens (including phenoxy) is 1. The van der Waals surface area contributed by atoms with Gasteiger partial charge in [-0.1, -0.05) is 6.92 Å². The highest BCUT2D eigenvalue weighted by molar-refractivity contribution is 6.04. The molecular weight excluding hydrogens is 288 g/mol. The van der Waals surface area contributed by atoms with Crippen LogP contribution < -0.4 is 5.32 Å². The normalized spacial score (nSPS) is 10.5. The largest absolute Gasteiger partial charge is 0.478 e. The summed E-state index contributed by atoms with van der Waals surface area (Å²) in [6.45, 7) is 2.09. The predicted octanol–water partition coefficient (Wildman–Crippen LogP) is 2.33. The molecule has 2 aromatic rings. The number of hydrogen-bond donors (Lipinski definition) is 2. The first kappa shape index (κ1) is 15.7. The number of carboxylic acids is 1. The lowest BCUT2D eigenvalue weighted by Gasteiger charge is -2.08. The van der Waals surface area contributed by atoms with Crippen molar-refractivity contribution in [3.05, 3.63) is 47.2 Å². The summed E-state index contributed by atoms with van der Waals surface area (Å²) < 4.78 is 10.1. The molecule has 116 valence electrons. The topological polar surface area (TPSA) is 102 Å². The summed E-state index contributed by atoms with van der Waals surface area (Å²) in [7, 11) is 1.51. The minimum Gasteiger partial charge on any atom is -0.478 e. The average Bonchev–Trinajstić information content (AvgIpc) is 2.95. The van der Waals surface area contributed by atoms with Gasteiger partial charge in [0.05, 0.1) is 12.2 Å². The van der Waals surface area contributed by atoms with Crippen LogP contribution in [0.1, 0.15) is 39.1 Å². The second-order valence-corrected chi connectivity index (χ2v) is 4.59. The molecule has 7 heteroatoms. The Kier molecular flexibility index (Phi) is 4.90. The Morgan fingerprint density at radius 1 is 1.36 bits per heavy atom. The van der Waals surface area contributed by atoms with E-state index >= 15 is 0 Å². The van der Waals surface area contributed by atoms with E-state index in [2.05, 4.69) is 10.3 Å². The number of benzene rings is 1. The molecule has 0 saturated carbocycles. The number of aromatic carboxylic acids is 1. The van der Waals surface area contributed by atoms with Gasteiger partial charge in [0.15, 0.2) is 12.1 Å². The molecule has 0 unspecified atom stereocenters. The number of aromatic nitrogens is 1. The molecular formula is C15H16N2O5. The van der Waals surface area contributed by atoms with Gasteiger partial charge in [-0.3, -0.25) is 4.79 Å². The number of carbonyl (C=O) groups is 2. The minimum atomic E-state index is -1.08. The lowest BCUT2D eigenvalue weighted by molar-refractivity contribution is 0.0696. The van der Waals surface area contributed by atoms with E-state index in [9.17, 15) is 9.59 Å². The maximum atomic E-state index is 12.2. The Morgan fingerprint density at radius 3 is 2.77 bits per heavy atom. The molecule has 0 aliphatic carbocycles. The summed E-state index contributed by atoms with van der Waals surface area (Å²) >= 11 is 0. The molecule has 2 rings (SSSR count). The predicted molar refractivity (Wildman–Crippen MR) is 77.9 cm³/mol. The molecule has 7 nitrogen and oxygen atoms in total. The van der Waals surface area contributed by atoms with Gasteiger partial charge >= 0.3 is 5.97 Å². The van der Waals surface area contributed by atoms with Gasteiger partial charge < -0.3 is 19.6 Å². The first-order chi connectivity index (χ1) is 10.5. The molecule has 1 amide bonds. The van der Waals surface area contributed by atoms with E-state index in [0.29, 0.717) is 23.4 Å². The van der Waals surface area contributed by atoms with Crippen LogP contribution in [0.5, 0.6) is 0 Å². The minimum absolute atomic E-state index is 0.0701. The lowest BCUT2D eigenvalue weighted by Crippen LogP contribution is -2.15. The van der Waals surface area contributed by atoms with Gasteiger partial charge in [-0.15, -0.1) is 0 Å². The number of amides is 1. The zero-order valence-corrected chi connectivity index (χ0v) is 12.3. The monoisotopic (exact) mass is 304 g/mol. The number of nitrogens with one attached hydrogen (secondary N) is 1. The molecule has 0 radical (unpaired) electrons. The highest BCUT2D eigenvalue weighted by Gasteiger charge is 2.16. The Bertz CT molecular complexity index is 693. The zero-order chi connectivity index (χ0) is 16.1. The van der Waals surface area contributed by atoms with E-state index in [1.54, 1.807) is 6.07 Å². The Morgan fingerprint density at radius 2 is 2.14 bits per heavy atom. The number of anilines is 1. The van der Waals surface area contributed by atoms with Crippen LogP contribution in [0.2, 0.25) is 0 Å². The Hall–Kier alpha value is -2.67. The Labute approximate surface area is 126 Å². The third-order valence-electron chi connectivity index (χ3n) is 2.99. The van der Waals surface area contributed by atoms with Crippen molar-refractivity contribution in [3.8, 4) is 0 Å². The molecule has 1 aromatic carbocycles. The van der Waals surface area contributed by atoms with Gasteiger partial charge in [-0.05, 0) is 23.8 Å².